The van der Waals surface area contributed by atoms with E-state index >= 15 is 0 Å². The molecule has 0 aliphatic carbocycles. The Bertz CT molecular complexity index is 1320. The van der Waals surface area contributed by atoms with Gasteiger partial charge in [-0.3, -0.25) is 14.4 Å². The number of carbonyl (C=O) groups excluding carboxylic acids is 4. The van der Waals surface area contributed by atoms with Crippen LogP contribution in [0, 0.1) is 0 Å². The van der Waals surface area contributed by atoms with Crippen LogP contribution in [0.3, 0.4) is 0 Å². The Kier molecular flexibility index (Phi) is 12.6. The van der Waals surface area contributed by atoms with E-state index in [0.29, 0.717) is 19.4 Å². The number of likely N-dealkylation sites (tertiary alicyclic amines) is 1. The van der Waals surface area contributed by atoms with Crippen molar-refractivity contribution in [2.24, 2.45) is 0 Å². The molecule has 252 valence electrons. The molecule has 3 atom stereocenters. The Morgan fingerprint density at radius 3 is 2.04 bits per heavy atom. The SMILES string of the molecule is CC(C)(C)OC(=O)N[C@@H](CC(=O)OCc1ccccc1)C(=O)N1C(C(=O)NCc2ccccc2)CC[C@@H]1CO[Si](C)(C)C(C)(C)C. The third-order valence-electron chi connectivity index (χ3n) is 8.41. The van der Waals surface area contributed by atoms with Gasteiger partial charge in [0, 0.05) is 6.54 Å². The second-order valence-corrected chi connectivity index (χ2v) is 19.1. The predicted octanol–water partition coefficient (Wildman–Crippen LogP) is 5.71. The van der Waals surface area contributed by atoms with Gasteiger partial charge in [-0.15, -0.1) is 0 Å². The van der Waals surface area contributed by atoms with E-state index in [2.05, 4.69) is 44.5 Å². The standard InChI is InChI=1S/C35H51N3O7Si/c1-34(2,3)45-33(42)37-28(21-30(39)43-23-26-17-13-10-14-18-26)32(41)38-27(24-44-46(7,8)35(4,5)6)19-20-29(38)31(40)36-22-25-15-11-9-12-16-25/h9-18,27-29H,19-24H2,1-8H3,(H,36,40)(H,37,42)/t27-,28+,29?/m1/s1. The van der Waals surface area contributed by atoms with Crippen LogP contribution in [0.2, 0.25) is 18.1 Å². The highest BCUT2D eigenvalue weighted by Crippen LogP contribution is 2.37. The Morgan fingerprint density at radius 2 is 1.48 bits per heavy atom. The van der Waals surface area contributed by atoms with Crippen LogP contribution in [-0.4, -0.2) is 67.4 Å². The van der Waals surface area contributed by atoms with Crippen LogP contribution < -0.4 is 10.6 Å². The molecule has 0 bridgehead atoms. The summed E-state index contributed by atoms with van der Waals surface area (Å²) in [7, 11) is -2.20. The van der Waals surface area contributed by atoms with Crippen molar-refractivity contribution in [3.8, 4) is 0 Å². The Hall–Kier alpha value is -3.70. The second-order valence-electron chi connectivity index (χ2n) is 14.3. The van der Waals surface area contributed by atoms with E-state index in [1.807, 2.05) is 60.7 Å². The number of nitrogens with one attached hydrogen (secondary N) is 2. The summed E-state index contributed by atoms with van der Waals surface area (Å²) >= 11 is 0. The lowest BCUT2D eigenvalue weighted by Crippen LogP contribution is -2.58. The number of ether oxygens (including phenoxy) is 2. The average molecular weight is 654 g/mol. The van der Waals surface area contributed by atoms with E-state index in [-0.39, 0.29) is 24.2 Å². The van der Waals surface area contributed by atoms with Crippen LogP contribution in [0.15, 0.2) is 60.7 Å². The summed E-state index contributed by atoms with van der Waals surface area (Å²) in [5, 5.41) is 5.50. The number of benzene rings is 2. The normalized spacial score (nSPS) is 17.6. The third-order valence-corrected chi connectivity index (χ3v) is 12.9. The molecule has 2 aromatic rings. The van der Waals surface area contributed by atoms with Gasteiger partial charge in [-0.1, -0.05) is 81.4 Å². The lowest BCUT2D eigenvalue weighted by molar-refractivity contribution is -0.150. The molecule has 0 saturated carbocycles. The number of esters is 1. The van der Waals surface area contributed by atoms with Crippen LogP contribution in [0.4, 0.5) is 4.79 Å². The molecule has 0 radical (unpaired) electrons. The molecule has 11 heteroatoms. The highest BCUT2D eigenvalue weighted by Gasteiger charge is 2.46. The van der Waals surface area contributed by atoms with Crippen LogP contribution in [0.25, 0.3) is 0 Å². The molecule has 1 saturated heterocycles. The van der Waals surface area contributed by atoms with Crippen LogP contribution in [-0.2, 0) is 41.4 Å². The van der Waals surface area contributed by atoms with E-state index in [4.69, 9.17) is 13.9 Å². The van der Waals surface area contributed by atoms with Gasteiger partial charge < -0.3 is 29.4 Å². The summed E-state index contributed by atoms with van der Waals surface area (Å²) in [6, 6.07) is 16.1. The van der Waals surface area contributed by atoms with Crippen molar-refractivity contribution in [1.29, 1.82) is 0 Å². The van der Waals surface area contributed by atoms with Crippen molar-refractivity contribution in [2.45, 2.75) is 116 Å². The molecule has 1 fully saturated rings. The quantitative estimate of drug-likeness (QED) is 0.222. The van der Waals surface area contributed by atoms with Crippen molar-refractivity contribution in [2.75, 3.05) is 6.61 Å². The van der Waals surface area contributed by atoms with Gasteiger partial charge in [0.05, 0.1) is 19.1 Å². The van der Waals surface area contributed by atoms with Crippen molar-refractivity contribution in [3.63, 3.8) is 0 Å². The zero-order valence-electron chi connectivity index (χ0n) is 28.6. The van der Waals surface area contributed by atoms with Gasteiger partial charge in [0.1, 0.15) is 24.3 Å². The molecule has 46 heavy (non-hydrogen) atoms. The van der Waals surface area contributed by atoms with Crippen molar-refractivity contribution >= 4 is 32.2 Å². The smallest absolute Gasteiger partial charge is 0.408 e. The van der Waals surface area contributed by atoms with Crippen molar-refractivity contribution < 1.29 is 33.1 Å². The molecule has 3 rings (SSSR count). The van der Waals surface area contributed by atoms with Crippen LogP contribution in [0.1, 0.15) is 71.9 Å². The largest absolute Gasteiger partial charge is 0.461 e. The van der Waals surface area contributed by atoms with Gasteiger partial charge in [0.2, 0.25) is 11.8 Å². The number of hydrogen-bond acceptors (Lipinski definition) is 7. The fourth-order valence-electron chi connectivity index (χ4n) is 4.85. The lowest BCUT2D eigenvalue weighted by atomic mass is 10.1. The molecule has 2 aromatic carbocycles. The Labute approximate surface area is 274 Å². The maximum absolute atomic E-state index is 14.4. The number of nitrogens with zero attached hydrogens (tertiary/aromatic N) is 1. The zero-order valence-corrected chi connectivity index (χ0v) is 29.6. The summed E-state index contributed by atoms with van der Waals surface area (Å²) in [4.78, 5) is 55.5. The number of hydrogen-bond donors (Lipinski definition) is 2. The second kappa shape index (κ2) is 15.7. The van der Waals surface area contributed by atoms with Crippen molar-refractivity contribution in [3.05, 3.63) is 71.8 Å². The summed E-state index contributed by atoms with van der Waals surface area (Å²) in [5.74, 6) is -1.55. The van der Waals surface area contributed by atoms with E-state index < -0.39 is 56.4 Å². The molecule has 0 aromatic heterocycles. The number of amides is 3. The Balaban J connectivity index is 1.87. The molecular weight excluding hydrogens is 602 g/mol. The number of alkyl carbamates (subject to hydrolysis) is 1. The molecule has 1 aliphatic heterocycles. The summed E-state index contributed by atoms with van der Waals surface area (Å²) < 4.78 is 17.4. The highest BCUT2D eigenvalue weighted by atomic mass is 28.4. The summed E-state index contributed by atoms with van der Waals surface area (Å²) in [5.41, 5.74) is 0.880. The first kappa shape index (κ1) is 36.8. The Morgan fingerprint density at radius 1 is 0.891 bits per heavy atom. The highest BCUT2D eigenvalue weighted by molar-refractivity contribution is 6.74. The number of carbonyl (C=O) groups is 4. The summed E-state index contributed by atoms with van der Waals surface area (Å²) in [6.45, 7) is 16.4. The fraction of sp³-hybridized carbons (Fsp3) is 0.543. The van der Waals surface area contributed by atoms with E-state index in [0.717, 1.165) is 11.1 Å². The molecular formula is C35H51N3O7Si. The zero-order chi connectivity index (χ0) is 34.1. The van der Waals surface area contributed by atoms with Crippen LogP contribution >= 0.6 is 0 Å². The van der Waals surface area contributed by atoms with E-state index in [1.54, 1.807) is 20.8 Å². The molecule has 1 aliphatic rings. The molecule has 3 amide bonds. The lowest BCUT2D eigenvalue weighted by Gasteiger charge is -2.39. The maximum atomic E-state index is 14.4. The predicted molar refractivity (Wildman–Crippen MR) is 179 cm³/mol. The van der Waals surface area contributed by atoms with Crippen LogP contribution in [0.5, 0.6) is 0 Å². The molecule has 2 N–H and O–H groups in total. The third kappa shape index (κ3) is 11.0. The minimum atomic E-state index is -2.20. The summed E-state index contributed by atoms with van der Waals surface area (Å²) in [6.07, 6.45) is -0.341. The first-order chi connectivity index (χ1) is 21.5. The van der Waals surface area contributed by atoms with Gasteiger partial charge >= 0.3 is 12.1 Å². The molecule has 0 spiro atoms. The van der Waals surface area contributed by atoms with E-state index in [9.17, 15) is 19.2 Å². The maximum Gasteiger partial charge on any atom is 0.408 e. The van der Waals surface area contributed by atoms with Gasteiger partial charge in [-0.2, -0.15) is 0 Å². The topological polar surface area (TPSA) is 123 Å². The van der Waals surface area contributed by atoms with Gasteiger partial charge in [-0.05, 0) is 62.9 Å². The molecule has 1 heterocycles. The fourth-order valence-corrected chi connectivity index (χ4v) is 5.90. The van der Waals surface area contributed by atoms with Crippen molar-refractivity contribution in [1.82, 2.24) is 15.5 Å². The van der Waals surface area contributed by atoms with E-state index in [1.165, 1.54) is 4.90 Å². The minimum Gasteiger partial charge on any atom is -0.461 e. The van der Waals surface area contributed by atoms with Gasteiger partial charge in [0.25, 0.3) is 0 Å². The first-order valence-electron chi connectivity index (χ1n) is 15.9. The molecule has 1 unspecified atom stereocenters. The monoisotopic (exact) mass is 653 g/mol. The van der Waals surface area contributed by atoms with Gasteiger partial charge in [-0.25, -0.2) is 4.79 Å². The average Bonchev–Trinajstić information content (AvgIpc) is 3.41. The number of rotatable bonds is 12. The molecule has 10 nitrogen and oxygen atoms in total. The first-order valence-corrected chi connectivity index (χ1v) is 18.8. The van der Waals surface area contributed by atoms with Gasteiger partial charge in [0.15, 0.2) is 8.32 Å². The minimum absolute atomic E-state index is 0.0181.